The smallest absolute Gasteiger partial charge is 0.342 e. The lowest BCUT2D eigenvalue weighted by molar-refractivity contribution is -0.137. The first-order valence-corrected chi connectivity index (χ1v) is 11.0. The fraction of sp³-hybridized carbons (Fsp3) is 0.455. The van der Waals surface area contributed by atoms with Crippen LogP contribution in [0.4, 0.5) is 13.2 Å². The largest absolute Gasteiger partial charge is 0.417 e. The zero-order valence-electron chi connectivity index (χ0n) is 18.1. The molecule has 0 spiro atoms. The van der Waals surface area contributed by atoms with Gasteiger partial charge in [-0.2, -0.15) is 18.3 Å². The van der Waals surface area contributed by atoms with Crippen LogP contribution in [-0.2, 0) is 17.5 Å². The van der Waals surface area contributed by atoms with Gasteiger partial charge in [-0.25, -0.2) is 0 Å². The summed E-state index contributed by atoms with van der Waals surface area (Å²) in [4.78, 5) is 34.0. The van der Waals surface area contributed by atoms with E-state index in [2.05, 4.69) is 15.1 Å². The number of likely N-dealkylation sites (tertiary alicyclic amines) is 1. The SMILES string of the molecule is Cc1cc(C(F)(F)F)c2c(=O)[nH]c(C3CCN(C(=O)[C@@H](C)Cn4cc(Cl)cn4)CC3)cc2n1. The third-order valence-corrected chi connectivity index (χ3v) is 6.18. The summed E-state index contributed by atoms with van der Waals surface area (Å²) in [5.41, 5.74) is -1.01. The lowest BCUT2D eigenvalue weighted by Gasteiger charge is -2.33. The van der Waals surface area contributed by atoms with E-state index in [1.165, 1.54) is 19.2 Å². The van der Waals surface area contributed by atoms with E-state index in [9.17, 15) is 22.8 Å². The number of halogens is 4. The van der Waals surface area contributed by atoms with E-state index >= 15 is 0 Å². The minimum atomic E-state index is -4.65. The Bertz CT molecular complexity index is 1250. The van der Waals surface area contributed by atoms with Crippen molar-refractivity contribution in [3.05, 3.63) is 56.9 Å². The monoisotopic (exact) mass is 481 g/mol. The lowest BCUT2D eigenvalue weighted by Crippen LogP contribution is -2.42. The number of aromatic amines is 1. The van der Waals surface area contributed by atoms with Crippen molar-refractivity contribution in [3.63, 3.8) is 0 Å². The molecule has 1 fully saturated rings. The van der Waals surface area contributed by atoms with Crippen LogP contribution in [0.3, 0.4) is 0 Å². The molecule has 11 heteroatoms. The Hall–Kier alpha value is -2.88. The molecule has 4 rings (SSSR count). The van der Waals surface area contributed by atoms with E-state index < -0.39 is 22.7 Å². The van der Waals surface area contributed by atoms with Gasteiger partial charge in [-0.3, -0.25) is 19.3 Å². The van der Waals surface area contributed by atoms with Crippen LogP contribution in [0.25, 0.3) is 10.9 Å². The molecule has 1 aliphatic heterocycles. The molecule has 0 bridgehead atoms. The van der Waals surface area contributed by atoms with E-state index in [0.29, 0.717) is 43.2 Å². The number of hydrogen-bond acceptors (Lipinski definition) is 4. The first-order valence-electron chi connectivity index (χ1n) is 10.6. The third kappa shape index (κ3) is 4.90. The van der Waals surface area contributed by atoms with Gasteiger partial charge in [0.1, 0.15) is 0 Å². The van der Waals surface area contributed by atoms with Gasteiger partial charge in [-0.15, -0.1) is 0 Å². The number of H-pyrrole nitrogens is 1. The predicted octanol–water partition coefficient (Wildman–Crippen LogP) is 4.14. The number of nitrogens with zero attached hydrogens (tertiary/aromatic N) is 4. The number of alkyl halides is 3. The fourth-order valence-corrected chi connectivity index (χ4v) is 4.54. The summed E-state index contributed by atoms with van der Waals surface area (Å²) in [6, 6.07) is 2.42. The highest BCUT2D eigenvalue weighted by molar-refractivity contribution is 6.30. The number of hydrogen-bond donors (Lipinski definition) is 1. The average Bonchev–Trinajstić information content (AvgIpc) is 3.16. The van der Waals surface area contributed by atoms with Gasteiger partial charge in [0, 0.05) is 36.6 Å². The Labute approximate surface area is 192 Å². The summed E-state index contributed by atoms with van der Waals surface area (Å²) >= 11 is 5.87. The molecule has 3 aromatic heterocycles. The summed E-state index contributed by atoms with van der Waals surface area (Å²) in [5, 5.41) is 4.16. The Balaban J connectivity index is 1.49. The molecule has 0 unspecified atom stereocenters. The zero-order chi connectivity index (χ0) is 23.9. The average molecular weight is 482 g/mol. The van der Waals surface area contributed by atoms with Crippen molar-refractivity contribution >= 4 is 28.4 Å². The highest BCUT2D eigenvalue weighted by atomic mass is 35.5. The molecular weight excluding hydrogens is 459 g/mol. The molecule has 0 saturated carbocycles. The first kappa shape index (κ1) is 23.3. The zero-order valence-corrected chi connectivity index (χ0v) is 18.9. The summed E-state index contributed by atoms with van der Waals surface area (Å²) < 4.78 is 41.9. The second kappa shape index (κ2) is 8.81. The van der Waals surface area contributed by atoms with Crippen molar-refractivity contribution in [2.24, 2.45) is 5.92 Å². The highest BCUT2D eigenvalue weighted by Gasteiger charge is 2.35. The van der Waals surface area contributed by atoms with Crippen LogP contribution >= 0.6 is 11.6 Å². The van der Waals surface area contributed by atoms with Gasteiger partial charge in [-0.1, -0.05) is 18.5 Å². The van der Waals surface area contributed by atoms with Crippen LogP contribution in [0, 0.1) is 12.8 Å². The minimum absolute atomic E-state index is 0.000752. The van der Waals surface area contributed by atoms with E-state index in [1.807, 2.05) is 6.92 Å². The molecular formula is C22H23ClF3N5O2. The van der Waals surface area contributed by atoms with Gasteiger partial charge in [0.2, 0.25) is 5.91 Å². The predicted molar refractivity (Wildman–Crippen MR) is 117 cm³/mol. The quantitative estimate of drug-likeness (QED) is 0.607. The molecule has 7 nitrogen and oxygen atoms in total. The summed E-state index contributed by atoms with van der Waals surface area (Å²) in [7, 11) is 0. The van der Waals surface area contributed by atoms with Crippen LogP contribution in [0.2, 0.25) is 5.02 Å². The topological polar surface area (TPSA) is 83.9 Å². The van der Waals surface area contributed by atoms with Gasteiger partial charge in [0.25, 0.3) is 5.56 Å². The third-order valence-electron chi connectivity index (χ3n) is 5.99. The van der Waals surface area contributed by atoms with Crippen molar-refractivity contribution in [2.75, 3.05) is 13.1 Å². The molecule has 1 amide bonds. The second-order valence-corrected chi connectivity index (χ2v) is 8.94. The molecule has 1 atom stereocenters. The fourth-order valence-electron chi connectivity index (χ4n) is 4.38. The van der Waals surface area contributed by atoms with E-state index in [1.54, 1.807) is 15.8 Å². The normalized spacial score (nSPS) is 16.4. The van der Waals surface area contributed by atoms with Gasteiger partial charge < -0.3 is 9.88 Å². The van der Waals surface area contributed by atoms with Crippen molar-refractivity contribution in [2.45, 2.75) is 45.3 Å². The van der Waals surface area contributed by atoms with Crippen LogP contribution in [-0.4, -0.2) is 43.6 Å². The Morgan fingerprint density at radius 1 is 1.30 bits per heavy atom. The van der Waals surface area contributed by atoms with Gasteiger partial charge in [0.05, 0.1) is 40.1 Å². The van der Waals surface area contributed by atoms with Gasteiger partial charge in [0.15, 0.2) is 0 Å². The molecule has 33 heavy (non-hydrogen) atoms. The van der Waals surface area contributed by atoms with Crippen molar-refractivity contribution in [1.29, 1.82) is 0 Å². The Kier molecular flexibility index (Phi) is 6.22. The van der Waals surface area contributed by atoms with Crippen LogP contribution in [0.5, 0.6) is 0 Å². The van der Waals surface area contributed by atoms with Crippen molar-refractivity contribution in [3.8, 4) is 0 Å². The molecule has 1 saturated heterocycles. The number of carbonyl (C=O) groups excluding carboxylic acids is 1. The number of aromatic nitrogens is 4. The maximum Gasteiger partial charge on any atom is 0.417 e. The Morgan fingerprint density at radius 2 is 2.00 bits per heavy atom. The molecule has 176 valence electrons. The number of aryl methyl sites for hydroxylation is 1. The maximum atomic E-state index is 13.4. The molecule has 0 aliphatic carbocycles. The van der Waals surface area contributed by atoms with Crippen molar-refractivity contribution in [1.82, 2.24) is 24.6 Å². The number of pyridine rings is 2. The number of amides is 1. The summed E-state index contributed by atoms with van der Waals surface area (Å²) in [6.45, 7) is 4.69. The second-order valence-electron chi connectivity index (χ2n) is 8.50. The van der Waals surface area contributed by atoms with Crippen LogP contribution in [0.15, 0.2) is 29.3 Å². The highest BCUT2D eigenvalue weighted by Crippen LogP contribution is 2.34. The van der Waals surface area contributed by atoms with E-state index in [4.69, 9.17) is 11.6 Å². The van der Waals surface area contributed by atoms with Gasteiger partial charge >= 0.3 is 6.18 Å². The first-order chi connectivity index (χ1) is 15.5. The molecule has 3 aromatic rings. The van der Waals surface area contributed by atoms with Crippen LogP contribution < -0.4 is 5.56 Å². The standard InChI is InChI=1S/C22H23ClF3N5O2/c1-12(10-31-11-15(23)9-27-31)21(33)30-5-3-14(4-6-30)17-8-18-19(20(32)29-17)16(22(24,25)26)7-13(2)28-18/h7-9,11-12,14H,3-6,10H2,1-2H3,(H,29,32)/t12-/m0/s1. The number of carbonyl (C=O) groups is 1. The van der Waals surface area contributed by atoms with Gasteiger partial charge in [-0.05, 0) is 31.9 Å². The number of nitrogens with one attached hydrogen (secondary N) is 1. The molecule has 1 aliphatic rings. The van der Waals surface area contributed by atoms with E-state index in [-0.39, 0.29) is 29.0 Å². The maximum absolute atomic E-state index is 13.4. The number of rotatable bonds is 4. The van der Waals surface area contributed by atoms with E-state index in [0.717, 1.165) is 6.07 Å². The molecule has 1 N–H and O–H groups in total. The summed E-state index contributed by atoms with van der Waals surface area (Å²) in [6.07, 6.45) is -0.294. The molecule has 0 radical (unpaired) electrons. The minimum Gasteiger partial charge on any atom is -0.342 e. The number of piperidine rings is 1. The number of fused-ring (bicyclic) bond motifs is 1. The van der Waals surface area contributed by atoms with Crippen molar-refractivity contribution < 1.29 is 18.0 Å². The molecule has 0 aromatic carbocycles. The summed E-state index contributed by atoms with van der Waals surface area (Å²) in [5.74, 6) is -0.367. The lowest BCUT2D eigenvalue weighted by atomic mass is 9.91. The van der Waals surface area contributed by atoms with Crippen LogP contribution in [0.1, 0.15) is 42.6 Å². The Morgan fingerprint density at radius 3 is 2.61 bits per heavy atom. The molecule has 4 heterocycles.